The van der Waals surface area contributed by atoms with E-state index < -0.39 is 21.0 Å². The van der Waals surface area contributed by atoms with Crippen LogP contribution in [0.25, 0.3) is 22.1 Å². The molecule has 13 heteroatoms. The maximum absolute atomic E-state index is 11.7. The third-order valence-electron chi connectivity index (χ3n) is 4.41. The van der Waals surface area contributed by atoms with Gasteiger partial charge in [-0.1, -0.05) is 0 Å². The summed E-state index contributed by atoms with van der Waals surface area (Å²) in [5.74, 6) is 0.649. The lowest BCUT2D eigenvalue weighted by atomic mass is 10.2. The Kier molecular flexibility index (Phi) is 6.19. The van der Waals surface area contributed by atoms with Crippen molar-refractivity contribution >= 4 is 33.4 Å². The topological polar surface area (TPSA) is 176 Å². The van der Waals surface area contributed by atoms with Gasteiger partial charge in [0.05, 0.1) is 46.9 Å². The van der Waals surface area contributed by atoms with Crippen molar-refractivity contribution in [1.82, 2.24) is 19.9 Å². The molecule has 0 bridgehead atoms. The average Bonchev–Trinajstić information content (AvgIpc) is 2.79. The lowest BCUT2D eigenvalue weighted by Crippen LogP contribution is -2.10. The predicted octanol–water partition coefficient (Wildman–Crippen LogP) is 2.69. The molecule has 4 aromatic heterocycles. The summed E-state index contributed by atoms with van der Waals surface area (Å²) in [5.41, 5.74) is 0.732. The van der Waals surface area contributed by atoms with Gasteiger partial charge in [-0.05, 0) is 19.1 Å². The number of nitrogens with one attached hydrogen (secondary N) is 1. The average molecular weight is 440 g/mol. The number of nitrogens with zero attached hydrogens (tertiary/aromatic N) is 5. The predicted molar refractivity (Wildman–Crippen MR) is 113 cm³/mol. The molecular weight excluding hydrogens is 424 g/mol. The normalized spacial score (nSPS) is 10.3. The third kappa shape index (κ3) is 4.26. The number of ether oxygens (including phenoxy) is 2. The van der Waals surface area contributed by atoms with Crippen LogP contribution in [0, 0.1) is 27.2 Å². The molecule has 4 rings (SSSR count). The second-order valence-electron chi connectivity index (χ2n) is 6.26. The largest absolute Gasteiger partial charge is 0.481 e. The summed E-state index contributed by atoms with van der Waals surface area (Å²) < 4.78 is 9.81. The highest BCUT2D eigenvalue weighted by Crippen LogP contribution is 2.25. The number of aromatic nitrogens is 4. The van der Waals surface area contributed by atoms with Gasteiger partial charge in [0.1, 0.15) is 17.2 Å². The van der Waals surface area contributed by atoms with Gasteiger partial charge in [0, 0.05) is 12.1 Å². The van der Waals surface area contributed by atoms with Gasteiger partial charge in [0.2, 0.25) is 11.8 Å². The van der Waals surface area contributed by atoms with E-state index >= 15 is 0 Å². The van der Waals surface area contributed by atoms with Crippen LogP contribution >= 0.6 is 0 Å². The highest BCUT2D eigenvalue weighted by Gasteiger charge is 2.16. The van der Waals surface area contributed by atoms with E-state index in [0.29, 0.717) is 28.0 Å². The first-order valence-electron chi connectivity index (χ1n) is 8.92. The Balaban J connectivity index is 0.000000181. The van der Waals surface area contributed by atoms with Crippen LogP contribution in [-0.2, 0) is 0 Å². The van der Waals surface area contributed by atoms with Gasteiger partial charge in [-0.2, -0.15) is 0 Å². The molecule has 164 valence electrons. The Morgan fingerprint density at radius 1 is 0.906 bits per heavy atom. The van der Waals surface area contributed by atoms with Crippen LogP contribution in [0.15, 0.2) is 41.5 Å². The van der Waals surface area contributed by atoms with E-state index in [1.54, 1.807) is 31.2 Å². The fourth-order valence-corrected chi connectivity index (χ4v) is 2.77. The third-order valence-corrected chi connectivity index (χ3v) is 4.41. The van der Waals surface area contributed by atoms with Gasteiger partial charge in [-0.15, -0.1) is 0 Å². The Morgan fingerprint density at radius 2 is 1.50 bits per heavy atom. The van der Waals surface area contributed by atoms with Gasteiger partial charge >= 0.3 is 5.69 Å². The second-order valence-corrected chi connectivity index (χ2v) is 6.26. The number of hydrogen-bond donors (Lipinski definition) is 1. The van der Waals surface area contributed by atoms with Crippen LogP contribution in [0.1, 0.15) is 5.56 Å². The molecule has 0 aliphatic carbocycles. The van der Waals surface area contributed by atoms with E-state index in [1.165, 1.54) is 20.4 Å². The zero-order valence-corrected chi connectivity index (χ0v) is 17.1. The van der Waals surface area contributed by atoms with Crippen molar-refractivity contribution < 1.29 is 19.3 Å². The zero-order chi connectivity index (χ0) is 23.4. The molecule has 0 fully saturated rings. The number of methoxy groups -OCH3 is 2. The Morgan fingerprint density at radius 3 is 2.09 bits per heavy atom. The molecule has 32 heavy (non-hydrogen) atoms. The van der Waals surface area contributed by atoms with Crippen LogP contribution in [0.4, 0.5) is 11.4 Å². The quantitative estimate of drug-likeness (QED) is 0.366. The Bertz CT molecular complexity index is 1400. The summed E-state index contributed by atoms with van der Waals surface area (Å²) in [6.07, 6.45) is 2.30. The molecular formula is C19H16N6O7. The summed E-state index contributed by atoms with van der Waals surface area (Å²) >= 11 is 0. The molecule has 0 aliphatic rings. The summed E-state index contributed by atoms with van der Waals surface area (Å²) in [7, 11) is 2.90. The molecule has 0 atom stereocenters. The van der Waals surface area contributed by atoms with Crippen LogP contribution in [-0.4, -0.2) is 44.0 Å². The first-order valence-corrected chi connectivity index (χ1v) is 8.92. The lowest BCUT2D eigenvalue weighted by Gasteiger charge is -2.03. The highest BCUT2D eigenvalue weighted by atomic mass is 16.6. The standard InChI is InChI=1S/C10H9N3O3.C9H7N3O4/c1-6-8(13(14)15)5-11-7-3-4-9(16-2)12-10(6)7;1-16-7-3-2-5-8(11-7)9(13)6(4-10-5)12(14)15/h3-5H,1-2H3;2-4H,1H3,(H,10,13). The van der Waals surface area contributed by atoms with Crippen LogP contribution in [0.3, 0.4) is 0 Å². The molecule has 0 amide bonds. The fourth-order valence-electron chi connectivity index (χ4n) is 2.77. The molecule has 0 aromatic carbocycles. The van der Waals surface area contributed by atoms with Gasteiger partial charge < -0.3 is 14.5 Å². The van der Waals surface area contributed by atoms with Crippen molar-refractivity contribution in [3.05, 3.63) is 72.7 Å². The minimum absolute atomic E-state index is 0.00597. The van der Waals surface area contributed by atoms with Crippen molar-refractivity contribution in [2.24, 2.45) is 0 Å². The Labute approximate surface area is 179 Å². The summed E-state index contributed by atoms with van der Waals surface area (Å²) in [6.45, 7) is 1.65. The SMILES string of the molecule is COc1ccc2[nH]cc([N+](=O)[O-])c(=O)c2n1.COc1ccc2ncc([N+](=O)[O-])c(C)c2n1. The smallest absolute Gasteiger partial charge is 0.334 e. The second kappa shape index (κ2) is 8.99. The molecule has 1 N–H and O–H groups in total. The molecule has 0 unspecified atom stereocenters. The van der Waals surface area contributed by atoms with Crippen LogP contribution in [0.2, 0.25) is 0 Å². The van der Waals surface area contributed by atoms with Crippen LogP contribution < -0.4 is 14.9 Å². The fraction of sp³-hybridized carbons (Fsp3) is 0.158. The van der Waals surface area contributed by atoms with E-state index in [4.69, 9.17) is 9.47 Å². The minimum Gasteiger partial charge on any atom is -0.481 e. The van der Waals surface area contributed by atoms with Crippen molar-refractivity contribution in [2.45, 2.75) is 6.92 Å². The summed E-state index contributed by atoms with van der Waals surface area (Å²) in [6, 6.07) is 6.52. The summed E-state index contributed by atoms with van der Waals surface area (Å²) in [5, 5.41) is 21.3. The number of pyridine rings is 4. The van der Waals surface area contributed by atoms with Gasteiger partial charge in [-0.25, -0.2) is 15.0 Å². The maximum atomic E-state index is 11.7. The molecule has 0 aliphatic heterocycles. The van der Waals surface area contributed by atoms with E-state index in [2.05, 4.69) is 19.9 Å². The molecule has 0 saturated carbocycles. The minimum atomic E-state index is -0.751. The zero-order valence-electron chi connectivity index (χ0n) is 17.1. The molecule has 0 spiro atoms. The number of nitro groups is 2. The maximum Gasteiger partial charge on any atom is 0.334 e. The summed E-state index contributed by atoms with van der Waals surface area (Å²) in [4.78, 5) is 46.3. The van der Waals surface area contributed by atoms with E-state index in [9.17, 15) is 25.0 Å². The highest BCUT2D eigenvalue weighted by molar-refractivity contribution is 5.81. The first-order chi connectivity index (χ1) is 15.3. The van der Waals surface area contributed by atoms with Gasteiger partial charge in [0.25, 0.3) is 11.1 Å². The van der Waals surface area contributed by atoms with Gasteiger partial charge in [-0.3, -0.25) is 25.0 Å². The van der Waals surface area contributed by atoms with E-state index in [-0.39, 0.29) is 17.1 Å². The molecule has 0 radical (unpaired) electrons. The number of fused-ring (bicyclic) bond motifs is 2. The van der Waals surface area contributed by atoms with Crippen LogP contribution in [0.5, 0.6) is 11.8 Å². The number of hydrogen-bond acceptors (Lipinski definition) is 10. The van der Waals surface area contributed by atoms with E-state index in [0.717, 1.165) is 6.20 Å². The van der Waals surface area contributed by atoms with Crippen molar-refractivity contribution in [3.63, 3.8) is 0 Å². The molecule has 0 saturated heterocycles. The number of H-pyrrole nitrogens is 1. The van der Waals surface area contributed by atoms with Gasteiger partial charge in [0.15, 0.2) is 0 Å². The number of aryl methyl sites for hydroxylation is 1. The Hall–Kier alpha value is -4.68. The monoisotopic (exact) mass is 440 g/mol. The lowest BCUT2D eigenvalue weighted by molar-refractivity contribution is -0.386. The molecule has 4 aromatic rings. The van der Waals surface area contributed by atoms with E-state index in [1.807, 2.05) is 0 Å². The molecule has 4 heterocycles. The number of aromatic amines is 1. The van der Waals surface area contributed by atoms with Crippen molar-refractivity contribution in [2.75, 3.05) is 14.2 Å². The first kappa shape index (κ1) is 22.0. The molecule has 13 nitrogen and oxygen atoms in total. The van der Waals surface area contributed by atoms with Crippen molar-refractivity contribution in [3.8, 4) is 11.8 Å². The van der Waals surface area contributed by atoms with Crippen molar-refractivity contribution in [1.29, 1.82) is 0 Å². The number of rotatable bonds is 4.